The number of aromatic amines is 1. The summed E-state index contributed by atoms with van der Waals surface area (Å²) in [5, 5.41) is 19.2. The highest BCUT2D eigenvalue weighted by Crippen LogP contribution is 2.54. The predicted octanol–water partition coefficient (Wildman–Crippen LogP) is 6.04. The van der Waals surface area contributed by atoms with E-state index in [4.69, 9.17) is 16.3 Å². The first-order valence-electron chi connectivity index (χ1n) is 15.9. The molecular weight excluding hydrogens is 626 g/mol. The van der Waals surface area contributed by atoms with Gasteiger partial charge < -0.3 is 14.7 Å². The van der Waals surface area contributed by atoms with Crippen molar-refractivity contribution >= 4 is 39.2 Å². The molecule has 2 N–H and O–H groups in total. The van der Waals surface area contributed by atoms with Crippen molar-refractivity contribution in [3.05, 3.63) is 34.9 Å². The van der Waals surface area contributed by atoms with E-state index in [2.05, 4.69) is 37.0 Å². The Hall–Kier alpha value is -3.29. The van der Waals surface area contributed by atoms with Crippen LogP contribution in [0.15, 0.2) is 18.5 Å². The third kappa shape index (κ3) is 4.79. The Kier molecular flexibility index (Phi) is 7.11. The van der Waals surface area contributed by atoms with Crippen molar-refractivity contribution in [3.63, 3.8) is 0 Å². The lowest BCUT2D eigenvalue weighted by molar-refractivity contribution is -0.102. The molecule has 0 radical (unpaired) electrons. The van der Waals surface area contributed by atoms with Crippen LogP contribution < -0.4 is 9.64 Å². The average molecular weight is 660 g/mol. The zero-order valence-electron chi connectivity index (χ0n) is 25.2. The van der Waals surface area contributed by atoms with E-state index in [1.165, 1.54) is 11.1 Å². The molecule has 3 saturated heterocycles. The second kappa shape index (κ2) is 10.9. The second-order valence-electron chi connectivity index (χ2n) is 13.6. The minimum atomic E-state index is -2.98. The Morgan fingerprint density at radius 1 is 1.17 bits per heavy atom. The van der Waals surface area contributed by atoms with Crippen LogP contribution in [0.5, 0.6) is 6.01 Å². The summed E-state index contributed by atoms with van der Waals surface area (Å²) in [5.74, 6) is -0.113. The first-order valence-corrected chi connectivity index (χ1v) is 16.2. The van der Waals surface area contributed by atoms with Gasteiger partial charge in [-0.25, -0.2) is 17.6 Å². The summed E-state index contributed by atoms with van der Waals surface area (Å²) in [6, 6.07) is 1.64. The van der Waals surface area contributed by atoms with Crippen molar-refractivity contribution in [2.75, 3.05) is 37.7 Å². The first kappa shape index (κ1) is 30.1. The highest BCUT2D eigenvalue weighted by molar-refractivity contribution is 6.33. The van der Waals surface area contributed by atoms with E-state index >= 15 is 4.39 Å². The number of alkyl halides is 3. The van der Waals surface area contributed by atoms with E-state index in [0.717, 1.165) is 31.4 Å². The quantitative estimate of drug-likeness (QED) is 0.232. The number of piperidine rings is 1. The number of ether oxygens (including phenoxy) is 1. The van der Waals surface area contributed by atoms with Crippen LogP contribution in [-0.2, 0) is 0 Å². The molecule has 1 aliphatic carbocycles. The maximum atomic E-state index is 17.0. The highest BCUT2D eigenvalue weighted by Gasteiger charge is 2.49. The molecule has 9 nitrogen and oxygen atoms in total. The summed E-state index contributed by atoms with van der Waals surface area (Å²) in [7, 11) is 0. The van der Waals surface area contributed by atoms with Gasteiger partial charge in [0, 0.05) is 41.7 Å². The Morgan fingerprint density at radius 3 is 2.76 bits per heavy atom. The van der Waals surface area contributed by atoms with Crippen LogP contribution in [-0.4, -0.2) is 91.7 Å². The summed E-state index contributed by atoms with van der Waals surface area (Å²) in [5.41, 5.74) is -0.880. The molecule has 3 aromatic heterocycles. The fourth-order valence-corrected chi connectivity index (χ4v) is 8.33. The summed E-state index contributed by atoms with van der Waals surface area (Å²) in [6.45, 7) is 3.21. The normalized spacial score (nSPS) is 29.7. The largest absolute Gasteiger partial charge is 0.461 e. The van der Waals surface area contributed by atoms with Gasteiger partial charge in [-0.2, -0.15) is 15.1 Å². The van der Waals surface area contributed by atoms with Crippen molar-refractivity contribution < 1.29 is 27.4 Å². The molecule has 0 amide bonds. The van der Waals surface area contributed by atoms with Crippen LogP contribution in [0.2, 0.25) is 5.02 Å². The van der Waals surface area contributed by atoms with Gasteiger partial charge in [0.15, 0.2) is 5.82 Å². The highest BCUT2D eigenvalue weighted by atomic mass is 35.5. The molecule has 5 atom stereocenters. The topological polar surface area (TPSA) is 103 Å². The monoisotopic (exact) mass is 659 g/mol. The number of pyridine rings is 1. The van der Waals surface area contributed by atoms with Crippen LogP contribution in [0.4, 0.5) is 23.4 Å². The number of nitrogens with zero attached hydrogens (tertiary/aromatic N) is 6. The number of hydrogen-bond acceptors (Lipinski definition) is 8. The number of halogens is 5. The molecule has 0 spiro atoms. The summed E-state index contributed by atoms with van der Waals surface area (Å²) in [4.78, 5) is 17.3. The standard InChI is InChI=1S/C32H34ClF4N7O2/c1-16-8-18(16)23-21(33)9-22-19(12-39-42-22)24(23)27-25(35)26-20(11-38-27)28(43-6-3-5-32(45,14-43)29(36)37)41-30(40-26)46-15-31-4-2-7-44(31)13-17(34)10-31/h9,11-12,16-18,29,45H,2-8,10,13-15H2,1H3,(H,39,42)/t16-,17+,18+,31-,32+/m0/s1. The molecular formula is C32H34ClF4N7O2. The first-order chi connectivity index (χ1) is 22.1. The van der Waals surface area contributed by atoms with E-state index in [0.29, 0.717) is 46.9 Å². The maximum Gasteiger partial charge on any atom is 0.319 e. The Labute approximate surface area is 267 Å². The fourth-order valence-electron chi connectivity index (χ4n) is 7.99. The van der Waals surface area contributed by atoms with Crippen LogP contribution in [0, 0.1) is 11.7 Å². The maximum absolute atomic E-state index is 17.0. The number of H-pyrrole nitrogens is 1. The van der Waals surface area contributed by atoms with Crippen molar-refractivity contribution in [2.45, 2.75) is 75.1 Å². The Balaban J connectivity index is 1.27. The number of hydrogen-bond donors (Lipinski definition) is 2. The van der Waals surface area contributed by atoms with Crippen molar-refractivity contribution in [2.24, 2.45) is 5.92 Å². The molecule has 6 heterocycles. The number of aliphatic hydroxyl groups is 1. The Bertz CT molecular complexity index is 1840. The molecule has 46 heavy (non-hydrogen) atoms. The molecule has 4 fully saturated rings. The third-order valence-corrected chi connectivity index (χ3v) is 10.8. The smallest absolute Gasteiger partial charge is 0.319 e. The molecule has 3 aliphatic heterocycles. The second-order valence-corrected chi connectivity index (χ2v) is 14.0. The van der Waals surface area contributed by atoms with Crippen molar-refractivity contribution in [3.8, 4) is 17.3 Å². The van der Waals surface area contributed by atoms with Crippen molar-refractivity contribution in [1.29, 1.82) is 0 Å². The number of anilines is 1. The van der Waals surface area contributed by atoms with Gasteiger partial charge >= 0.3 is 6.01 Å². The number of rotatable bonds is 7. The molecule has 244 valence electrons. The fraction of sp³-hybridized carbons (Fsp3) is 0.562. The van der Waals surface area contributed by atoms with E-state index in [9.17, 15) is 18.3 Å². The zero-order chi connectivity index (χ0) is 32.0. The lowest BCUT2D eigenvalue weighted by Gasteiger charge is -2.39. The number of benzene rings is 1. The molecule has 1 aromatic carbocycles. The van der Waals surface area contributed by atoms with Gasteiger partial charge in [0.2, 0.25) is 0 Å². The number of β-amino-alcohol motifs (C(OH)–C–C–N with tert-alkyl or cyclic N) is 1. The minimum Gasteiger partial charge on any atom is -0.461 e. The molecule has 0 bridgehead atoms. The van der Waals surface area contributed by atoms with E-state index < -0.39 is 36.1 Å². The summed E-state index contributed by atoms with van der Waals surface area (Å²) in [6.07, 6.45) is 2.19. The number of aromatic nitrogens is 5. The van der Waals surface area contributed by atoms with Gasteiger partial charge in [-0.15, -0.1) is 0 Å². The van der Waals surface area contributed by atoms with Crippen LogP contribution in [0.3, 0.4) is 0 Å². The molecule has 8 rings (SSSR count). The van der Waals surface area contributed by atoms with Crippen LogP contribution in [0.1, 0.15) is 56.9 Å². The lowest BCUT2D eigenvalue weighted by atomic mass is 9.93. The zero-order valence-corrected chi connectivity index (χ0v) is 26.0. The molecule has 14 heteroatoms. The minimum absolute atomic E-state index is 0.0328. The summed E-state index contributed by atoms with van der Waals surface area (Å²) < 4.78 is 65.5. The van der Waals surface area contributed by atoms with Gasteiger partial charge in [0.05, 0.1) is 29.2 Å². The molecule has 4 aliphatic rings. The van der Waals surface area contributed by atoms with E-state index in [1.54, 1.807) is 12.3 Å². The lowest BCUT2D eigenvalue weighted by Crippen LogP contribution is -2.53. The van der Waals surface area contributed by atoms with Crippen LogP contribution >= 0.6 is 11.6 Å². The molecule has 0 unspecified atom stereocenters. The van der Waals surface area contributed by atoms with E-state index in [1.807, 2.05) is 0 Å². The predicted molar refractivity (Wildman–Crippen MR) is 165 cm³/mol. The SMILES string of the molecule is C[C@H]1C[C@H]1c1c(Cl)cc2[nH]ncc2c1-c1ncc2c(N3CCC[C@](O)(C(F)F)C3)nc(OC[C@@]34CCCN3C[C@H](F)C4)nc2c1F. The summed E-state index contributed by atoms with van der Waals surface area (Å²) >= 11 is 6.78. The number of fused-ring (bicyclic) bond motifs is 3. The van der Waals surface area contributed by atoms with Gasteiger partial charge in [-0.3, -0.25) is 15.0 Å². The van der Waals surface area contributed by atoms with Crippen LogP contribution in [0.25, 0.3) is 33.1 Å². The van der Waals surface area contributed by atoms with Gasteiger partial charge in [-0.1, -0.05) is 18.5 Å². The number of nitrogens with one attached hydrogen (secondary N) is 1. The van der Waals surface area contributed by atoms with Gasteiger partial charge in [0.25, 0.3) is 6.43 Å². The molecule has 4 aromatic rings. The van der Waals surface area contributed by atoms with Crippen molar-refractivity contribution in [1.82, 2.24) is 30.0 Å². The Morgan fingerprint density at radius 2 is 1.98 bits per heavy atom. The van der Waals surface area contributed by atoms with Gasteiger partial charge in [0.1, 0.15) is 35.4 Å². The third-order valence-electron chi connectivity index (χ3n) is 10.5. The average Bonchev–Trinajstić information content (AvgIpc) is 3.31. The molecule has 1 saturated carbocycles. The van der Waals surface area contributed by atoms with Gasteiger partial charge in [-0.05, 0) is 62.1 Å². The van der Waals surface area contributed by atoms with E-state index in [-0.39, 0.29) is 53.8 Å².